The molecule has 39 N–H and O–H groups in total. The predicted octanol–water partition coefficient (Wildman–Crippen LogP) is -13.6. The molecule has 0 aliphatic heterocycles. The summed E-state index contributed by atoms with van der Waals surface area (Å²) in [4.78, 5) is 112. The predicted molar refractivity (Wildman–Crippen MR) is 218 cm³/mol. The second-order valence-corrected chi connectivity index (χ2v) is 8.76. The number of hydrogen-bond acceptors (Lipinski definition) is 27. The first-order chi connectivity index (χ1) is 30.0. The van der Waals surface area contributed by atoms with E-state index < -0.39 is 110 Å². The molecule has 0 unspecified atom stereocenters. The SMILES string of the molecule is NCC(=O)O.NCC(=O)O.NCC(=O)O.NCC(=O)O.NCC(=O)O.NCC(=O)O.NCC(=O)O.NCC(=O)O.NCC(=O)O.N[C@@H](CO)C(=O)O.N[C@@H](CO)C(=O)O.N[C@@H](CO)C(=O)O. The molecule has 396 valence electrons. The Morgan fingerprint density at radius 1 is 0.242 bits per heavy atom. The average molecular weight is 991 g/mol. The summed E-state index contributed by atoms with van der Waals surface area (Å²) in [6.07, 6.45) is 0. The van der Waals surface area contributed by atoms with Crippen molar-refractivity contribution in [2.45, 2.75) is 18.1 Å². The molecular formula is C27H66N12O27. The van der Waals surface area contributed by atoms with Gasteiger partial charge in [-0.15, -0.1) is 0 Å². The molecule has 3 atom stereocenters. The molecular weight excluding hydrogens is 924 g/mol. The van der Waals surface area contributed by atoms with Crippen molar-refractivity contribution in [1.82, 2.24) is 0 Å². The topological polar surface area (TPSA) is 821 Å². The zero-order valence-corrected chi connectivity index (χ0v) is 34.8. The van der Waals surface area contributed by atoms with E-state index in [1.165, 1.54) is 0 Å². The first kappa shape index (κ1) is 89.9. The molecule has 0 amide bonds. The van der Waals surface area contributed by atoms with E-state index in [0.717, 1.165) is 0 Å². The minimum absolute atomic E-state index is 0.278. The molecule has 0 saturated heterocycles. The molecule has 0 aromatic carbocycles. The monoisotopic (exact) mass is 990 g/mol. The van der Waals surface area contributed by atoms with Crippen molar-refractivity contribution in [1.29, 1.82) is 0 Å². The summed E-state index contributed by atoms with van der Waals surface area (Å²) in [6, 6.07) is -3.38. The van der Waals surface area contributed by atoms with Gasteiger partial charge < -0.3 is 145 Å². The van der Waals surface area contributed by atoms with E-state index in [4.69, 9.17) is 93.8 Å². The van der Waals surface area contributed by atoms with Gasteiger partial charge in [-0.3, -0.25) is 57.5 Å². The van der Waals surface area contributed by atoms with Crippen molar-refractivity contribution in [3.05, 3.63) is 0 Å². The Morgan fingerprint density at radius 3 is 0.303 bits per heavy atom. The number of hydrogen-bond donors (Lipinski definition) is 27. The Balaban J connectivity index is -0.0000000483. The van der Waals surface area contributed by atoms with Gasteiger partial charge >= 0.3 is 71.6 Å². The van der Waals surface area contributed by atoms with Crippen LogP contribution in [0.25, 0.3) is 0 Å². The van der Waals surface area contributed by atoms with Crippen LogP contribution in [0.15, 0.2) is 0 Å². The molecule has 0 aliphatic carbocycles. The van der Waals surface area contributed by atoms with Crippen molar-refractivity contribution in [3.63, 3.8) is 0 Å². The number of carboxylic acids is 12. The van der Waals surface area contributed by atoms with E-state index in [1.54, 1.807) is 0 Å². The highest BCUT2D eigenvalue weighted by molar-refractivity contribution is 5.74. The van der Waals surface area contributed by atoms with Gasteiger partial charge in [0.1, 0.15) is 18.1 Å². The van der Waals surface area contributed by atoms with Gasteiger partial charge in [0.05, 0.1) is 78.7 Å². The van der Waals surface area contributed by atoms with Crippen LogP contribution >= 0.6 is 0 Å². The zero-order valence-electron chi connectivity index (χ0n) is 34.8. The van der Waals surface area contributed by atoms with Gasteiger partial charge in [-0.1, -0.05) is 0 Å². The Morgan fingerprint density at radius 2 is 0.303 bits per heavy atom. The lowest BCUT2D eigenvalue weighted by atomic mass is 10.3. The van der Waals surface area contributed by atoms with Gasteiger partial charge in [0.2, 0.25) is 0 Å². The number of rotatable bonds is 15. The van der Waals surface area contributed by atoms with Gasteiger partial charge in [-0.05, 0) is 0 Å². The summed E-state index contributed by atoms with van der Waals surface area (Å²) in [7, 11) is 0. The fourth-order valence-corrected chi connectivity index (χ4v) is 0.234. The van der Waals surface area contributed by atoms with E-state index in [9.17, 15) is 57.5 Å². The maximum Gasteiger partial charge on any atom is 0.322 e. The highest BCUT2D eigenvalue weighted by atomic mass is 16.4. The number of aliphatic hydroxyl groups is 3. The van der Waals surface area contributed by atoms with Crippen LogP contribution in [0.3, 0.4) is 0 Å². The lowest BCUT2D eigenvalue weighted by Gasteiger charge is -1.96. The Hall–Kier alpha value is -6.96. The van der Waals surface area contributed by atoms with E-state index in [2.05, 4.69) is 51.6 Å². The lowest BCUT2D eigenvalue weighted by molar-refractivity contribution is -0.140. The Kier molecular flexibility index (Phi) is 103. The standard InChI is InChI=1S/3C3H7NO3.9C2H5NO2/c3*4-2(1-5)3(6)7;9*3-1-2(4)5/h3*2,5H,1,4H2,(H,6,7);9*1,3H2,(H,4,5)/t3*2-;;;;;;;;;/m000........./s1. The second-order valence-electron chi connectivity index (χ2n) is 8.76. The summed E-state index contributed by atoms with van der Waals surface area (Å²) >= 11 is 0. The Labute approximate surface area is 371 Å². The minimum Gasteiger partial charge on any atom is -0.480 e. The molecule has 0 aromatic heterocycles. The van der Waals surface area contributed by atoms with Crippen LogP contribution in [0.5, 0.6) is 0 Å². The number of aliphatic carboxylic acids is 12. The van der Waals surface area contributed by atoms with Crippen molar-refractivity contribution < 1.29 is 134 Å². The number of carbonyl (C=O) groups is 12. The van der Waals surface area contributed by atoms with Crippen LogP contribution in [-0.2, 0) is 57.5 Å². The molecule has 0 radical (unpaired) electrons. The van der Waals surface area contributed by atoms with Gasteiger partial charge in [0.25, 0.3) is 0 Å². The van der Waals surface area contributed by atoms with Crippen LogP contribution in [0.2, 0.25) is 0 Å². The fraction of sp³-hybridized carbons (Fsp3) is 0.556. The fourth-order valence-electron chi connectivity index (χ4n) is 0.234. The molecule has 0 heterocycles. The van der Waals surface area contributed by atoms with Gasteiger partial charge in [-0.25, -0.2) is 0 Å². The quantitative estimate of drug-likeness (QED) is 0.0724. The maximum atomic E-state index is 9.65. The third-order valence-corrected chi connectivity index (χ3v) is 3.11. The summed E-state index contributed by atoms with van der Waals surface area (Å²) < 4.78 is 0. The van der Waals surface area contributed by atoms with Gasteiger partial charge in [-0.2, -0.15) is 0 Å². The molecule has 0 rings (SSSR count). The summed E-state index contributed by atoms with van der Waals surface area (Å²) in [5.74, 6) is -12.2. The zero-order chi connectivity index (χ0) is 56.1. The van der Waals surface area contributed by atoms with Crippen molar-refractivity contribution in [2.24, 2.45) is 68.8 Å². The molecule has 0 bridgehead atoms. The van der Waals surface area contributed by atoms with Crippen LogP contribution in [0, 0.1) is 0 Å². The first-order valence-corrected chi connectivity index (χ1v) is 16.0. The molecule has 0 fully saturated rings. The minimum atomic E-state index is -1.18. The molecule has 0 saturated carbocycles. The molecule has 39 nitrogen and oxygen atoms in total. The third kappa shape index (κ3) is 212. The summed E-state index contributed by atoms with van der Waals surface area (Å²) in [6.45, 7) is -4.01. The smallest absolute Gasteiger partial charge is 0.322 e. The average Bonchev–Trinajstić information content (AvgIpc) is 3.27. The molecule has 39 heteroatoms. The number of carboxylic acid groups (broad SMARTS) is 12. The molecule has 0 spiro atoms. The highest BCUT2D eigenvalue weighted by Crippen LogP contribution is 1.72. The van der Waals surface area contributed by atoms with Gasteiger partial charge in [0, 0.05) is 0 Å². The third-order valence-electron chi connectivity index (χ3n) is 3.11. The number of nitrogens with two attached hydrogens (primary N) is 12. The maximum absolute atomic E-state index is 9.65. The van der Waals surface area contributed by atoms with Crippen molar-refractivity contribution in [3.8, 4) is 0 Å². The molecule has 0 aromatic rings. The summed E-state index contributed by atoms with van der Waals surface area (Å²) in [5, 5.41) is 116. The van der Waals surface area contributed by atoms with E-state index in [0.29, 0.717) is 0 Å². The van der Waals surface area contributed by atoms with E-state index >= 15 is 0 Å². The van der Waals surface area contributed by atoms with E-state index in [-0.39, 0.29) is 58.9 Å². The van der Waals surface area contributed by atoms with Crippen LogP contribution in [0.4, 0.5) is 0 Å². The normalized spacial score (nSPS) is 9.32. The first-order valence-electron chi connectivity index (χ1n) is 16.0. The summed E-state index contributed by atoms with van der Waals surface area (Å²) in [5.41, 5.74) is 55.4. The van der Waals surface area contributed by atoms with Crippen LogP contribution in [0.1, 0.15) is 0 Å². The van der Waals surface area contributed by atoms with Crippen LogP contribution < -0.4 is 68.8 Å². The largest absolute Gasteiger partial charge is 0.480 e. The lowest BCUT2D eigenvalue weighted by Crippen LogP contribution is -2.33. The van der Waals surface area contributed by atoms with E-state index in [1.807, 2.05) is 0 Å². The number of aliphatic hydroxyl groups excluding tert-OH is 3. The second kappa shape index (κ2) is 75.4. The highest BCUT2D eigenvalue weighted by Gasteiger charge is 2.08. The molecule has 0 aliphatic rings. The van der Waals surface area contributed by atoms with Crippen molar-refractivity contribution >= 4 is 71.6 Å². The van der Waals surface area contributed by atoms with Crippen molar-refractivity contribution in [2.75, 3.05) is 78.7 Å². The Bertz CT molecular complexity index is 1020. The van der Waals surface area contributed by atoms with Crippen LogP contribution in [-0.4, -0.2) is 245 Å². The molecule has 66 heavy (non-hydrogen) atoms. The van der Waals surface area contributed by atoms with Gasteiger partial charge in [0.15, 0.2) is 0 Å².